The Morgan fingerprint density at radius 3 is 1.85 bits per heavy atom. The molecule has 0 aliphatic carbocycles. The van der Waals surface area contributed by atoms with Gasteiger partial charge < -0.3 is 35.4 Å². The van der Waals surface area contributed by atoms with Crippen molar-refractivity contribution >= 4 is 61.0 Å². The Morgan fingerprint density at radius 1 is 0.815 bits per heavy atom. The van der Waals surface area contributed by atoms with Gasteiger partial charge in [-0.3, -0.25) is 9.69 Å². The van der Waals surface area contributed by atoms with E-state index in [9.17, 15) is 40.0 Å². The van der Waals surface area contributed by atoms with Gasteiger partial charge in [0.2, 0.25) is 5.69 Å². The number of piperidine rings is 2. The molecule has 1 aromatic heterocycles. The SMILES string of the molecule is CCO/N=C(/c1ccc(Br)cc1)C1CCN(C2(C)CCN(C(=O)c3c(C)cc[n+]([O-])c3C)CC2)CC1.O=C(O)c1cc2ccccc2c(Cc2c(O)c(C(=O)O)cc3ccccc23)c1O. The number of hydrogen-bond acceptors (Lipinski definition) is 9. The van der Waals surface area contributed by atoms with E-state index in [4.69, 9.17) is 4.84 Å². The Hall–Kier alpha value is -6.51. The van der Waals surface area contributed by atoms with Gasteiger partial charge >= 0.3 is 11.9 Å². The summed E-state index contributed by atoms with van der Waals surface area (Å²) in [5, 5.41) is 59.4. The molecule has 0 radical (unpaired) electrons. The highest BCUT2D eigenvalue weighted by atomic mass is 79.9. The molecule has 2 aliphatic rings. The molecule has 2 saturated heterocycles. The fourth-order valence-corrected chi connectivity index (χ4v) is 9.52. The fraction of sp³-hybridized carbons (Fsp3) is 0.314. The summed E-state index contributed by atoms with van der Waals surface area (Å²) in [6, 6.07) is 26.8. The lowest BCUT2D eigenvalue weighted by atomic mass is 9.82. The van der Waals surface area contributed by atoms with E-state index in [-0.39, 0.29) is 29.0 Å². The van der Waals surface area contributed by atoms with Gasteiger partial charge in [-0.25, -0.2) is 9.59 Å². The highest BCUT2D eigenvalue weighted by Gasteiger charge is 2.40. The first-order chi connectivity index (χ1) is 31.1. The second kappa shape index (κ2) is 19.7. The topological polar surface area (TPSA) is 187 Å². The number of aromatic nitrogens is 1. The second-order valence-corrected chi connectivity index (χ2v) is 17.9. The van der Waals surface area contributed by atoms with Crippen molar-refractivity contribution in [2.45, 2.75) is 65.3 Å². The van der Waals surface area contributed by atoms with Gasteiger partial charge in [0.05, 0.1) is 5.71 Å². The van der Waals surface area contributed by atoms with Crippen LogP contribution in [-0.4, -0.2) is 92.1 Å². The van der Waals surface area contributed by atoms with Gasteiger partial charge in [0, 0.05) is 59.6 Å². The number of carboxylic acid groups (broad SMARTS) is 2. The first kappa shape index (κ1) is 46.5. The van der Waals surface area contributed by atoms with Crippen molar-refractivity contribution in [1.82, 2.24) is 9.80 Å². The Kier molecular flexibility index (Phi) is 14.1. The van der Waals surface area contributed by atoms with E-state index in [1.165, 1.54) is 18.3 Å². The van der Waals surface area contributed by atoms with Crippen LogP contribution in [0.2, 0.25) is 0 Å². The van der Waals surface area contributed by atoms with Gasteiger partial charge in [-0.15, -0.1) is 0 Å². The minimum atomic E-state index is -1.28. The van der Waals surface area contributed by atoms with Gasteiger partial charge in [-0.1, -0.05) is 81.7 Å². The molecular formula is C51H53BrN4O9. The fourth-order valence-electron chi connectivity index (χ4n) is 9.25. The number of aryl methyl sites for hydroxylation is 1. The third-order valence-electron chi connectivity index (χ3n) is 13.0. The zero-order valence-electron chi connectivity index (χ0n) is 36.9. The van der Waals surface area contributed by atoms with Gasteiger partial charge in [0.15, 0.2) is 6.20 Å². The zero-order chi connectivity index (χ0) is 46.6. The number of aromatic hydroxyl groups is 2. The average Bonchev–Trinajstić information content (AvgIpc) is 3.30. The minimum Gasteiger partial charge on any atom is -0.618 e. The quantitative estimate of drug-likeness (QED) is 0.0446. The number of likely N-dealkylation sites (tertiary alicyclic amines) is 2. The van der Waals surface area contributed by atoms with Crippen LogP contribution >= 0.6 is 15.9 Å². The number of amides is 1. The molecule has 65 heavy (non-hydrogen) atoms. The zero-order valence-corrected chi connectivity index (χ0v) is 38.5. The summed E-state index contributed by atoms with van der Waals surface area (Å²) < 4.78 is 1.84. The van der Waals surface area contributed by atoms with E-state index >= 15 is 0 Å². The lowest BCUT2D eigenvalue weighted by Crippen LogP contribution is -2.57. The summed E-state index contributed by atoms with van der Waals surface area (Å²) in [6.45, 7) is 11.9. The number of benzene rings is 5. The van der Waals surface area contributed by atoms with E-state index in [0.717, 1.165) is 64.8 Å². The maximum Gasteiger partial charge on any atom is 0.339 e. The van der Waals surface area contributed by atoms with Crippen LogP contribution in [-0.2, 0) is 11.3 Å². The number of hydrogen-bond donors (Lipinski definition) is 4. The van der Waals surface area contributed by atoms with Crippen LogP contribution in [0.3, 0.4) is 0 Å². The van der Waals surface area contributed by atoms with Gasteiger partial charge in [0.1, 0.15) is 34.8 Å². The minimum absolute atomic E-state index is 0.0257. The molecule has 6 aromatic rings. The van der Waals surface area contributed by atoms with Crippen LogP contribution < -0.4 is 4.73 Å². The van der Waals surface area contributed by atoms with Crippen LogP contribution in [0.1, 0.15) is 98.6 Å². The number of aromatic carboxylic acids is 2. The largest absolute Gasteiger partial charge is 0.618 e. The molecular weight excluding hydrogens is 892 g/mol. The number of phenols is 2. The van der Waals surface area contributed by atoms with Crippen molar-refractivity contribution in [3.05, 3.63) is 152 Å². The molecule has 0 saturated carbocycles. The number of pyridine rings is 1. The molecule has 13 nitrogen and oxygen atoms in total. The molecule has 338 valence electrons. The van der Waals surface area contributed by atoms with Crippen LogP contribution in [0, 0.1) is 25.0 Å². The number of halogens is 1. The molecule has 4 N–H and O–H groups in total. The maximum atomic E-state index is 13.3. The molecule has 3 heterocycles. The lowest BCUT2D eigenvalue weighted by molar-refractivity contribution is -0.612. The first-order valence-electron chi connectivity index (χ1n) is 21.7. The summed E-state index contributed by atoms with van der Waals surface area (Å²) in [5.74, 6) is -3.02. The standard InChI is InChI=1S/C28H37BrN4O3.C23H16O6/c1-5-36-30-26(22-6-8-24(29)9-7-22)23-11-15-32(16-12-23)28(4)13-18-31(19-14-28)27(34)25-20(2)10-17-33(35)21(25)3;24-20-16(14-7-3-1-5-12(14)9-18(20)22(26)27)11-17-15-8-4-2-6-13(15)10-19(21(17)25)23(28)29/h6-10,17,23H,5,11-16,18-19H2,1-4H3;1-10,24-25H,11H2,(H,26,27)(H,28,29)/b30-26-;. The Balaban J connectivity index is 0.000000198. The molecule has 14 heteroatoms. The molecule has 0 spiro atoms. The molecule has 1 amide bonds. The van der Waals surface area contributed by atoms with Crippen molar-refractivity contribution in [3.8, 4) is 11.5 Å². The Bertz CT molecular complexity index is 2690. The number of carbonyl (C=O) groups excluding carboxylic acids is 1. The lowest BCUT2D eigenvalue weighted by Gasteiger charge is -2.49. The van der Waals surface area contributed by atoms with Crippen LogP contribution in [0.4, 0.5) is 0 Å². The predicted octanol–water partition coefficient (Wildman–Crippen LogP) is 9.24. The Morgan fingerprint density at radius 2 is 1.34 bits per heavy atom. The van der Waals surface area contributed by atoms with E-state index in [1.54, 1.807) is 61.5 Å². The number of oxime groups is 1. The van der Waals surface area contributed by atoms with Crippen LogP contribution in [0.25, 0.3) is 21.5 Å². The van der Waals surface area contributed by atoms with Crippen LogP contribution in [0.5, 0.6) is 11.5 Å². The Labute approximate surface area is 385 Å². The number of carbonyl (C=O) groups is 3. The molecule has 0 unspecified atom stereocenters. The van der Waals surface area contributed by atoms with E-state index < -0.39 is 23.4 Å². The monoisotopic (exact) mass is 944 g/mol. The summed E-state index contributed by atoms with van der Waals surface area (Å²) >= 11 is 3.52. The van der Waals surface area contributed by atoms with Crippen LogP contribution in [0.15, 0.2) is 107 Å². The first-order valence-corrected chi connectivity index (χ1v) is 22.5. The van der Waals surface area contributed by atoms with Crippen molar-refractivity contribution < 1.29 is 44.4 Å². The van der Waals surface area contributed by atoms with E-state index in [2.05, 4.69) is 57.2 Å². The number of fused-ring (bicyclic) bond motifs is 2. The van der Waals surface area contributed by atoms with Gasteiger partial charge in [-0.05, 0) is 116 Å². The smallest absolute Gasteiger partial charge is 0.339 e. The molecule has 5 aromatic carbocycles. The number of carboxylic acids is 2. The molecule has 2 aliphatic heterocycles. The molecule has 8 rings (SSSR count). The van der Waals surface area contributed by atoms with Gasteiger partial charge in [-0.2, -0.15) is 4.73 Å². The normalized spacial score (nSPS) is 15.6. The summed E-state index contributed by atoms with van der Waals surface area (Å²) in [5.41, 5.74) is 4.22. The summed E-state index contributed by atoms with van der Waals surface area (Å²) in [6.07, 6.45) is 5.36. The average molecular weight is 946 g/mol. The van der Waals surface area contributed by atoms with Gasteiger partial charge in [0.25, 0.3) is 5.91 Å². The molecule has 0 bridgehead atoms. The van der Waals surface area contributed by atoms with Crippen molar-refractivity contribution in [1.29, 1.82) is 0 Å². The predicted molar refractivity (Wildman–Crippen MR) is 253 cm³/mol. The maximum absolute atomic E-state index is 13.3. The number of rotatable bonds is 10. The summed E-state index contributed by atoms with van der Waals surface area (Å²) in [7, 11) is 0. The highest BCUT2D eigenvalue weighted by molar-refractivity contribution is 9.10. The van der Waals surface area contributed by atoms with Crippen molar-refractivity contribution in [2.24, 2.45) is 11.1 Å². The third-order valence-corrected chi connectivity index (χ3v) is 13.6. The molecule has 0 atom stereocenters. The third kappa shape index (κ3) is 9.79. The second-order valence-electron chi connectivity index (χ2n) is 17.0. The van der Waals surface area contributed by atoms with Crippen molar-refractivity contribution in [3.63, 3.8) is 0 Å². The summed E-state index contributed by atoms with van der Waals surface area (Å²) in [4.78, 5) is 46.5. The molecule has 2 fully saturated rings. The number of nitrogens with zero attached hydrogens (tertiary/aromatic N) is 4. The highest BCUT2D eigenvalue weighted by Crippen LogP contribution is 2.39. The van der Waals surface area contributed by atoms with E-state index in [1.807, 2.05) is 18.7 Å². The van der Waals surface area contributed by atoms with E-state index in [0.29, 0.717) is 69.5 Å². The van der Waals surface area contributed by atoms with Crippen molar-refractivity contribution in [2.75, 3.05) is 32.8 Å².